The molecule has 0 atom stereocenters. The van der Waals surface area contributed by atoms with Crippen molar-refractivity contribution in [3.63, 3.8) is 0 Å². The van der Waals surface area contributed by atoms with Crippen molar-refractivity contribution in [3.8, 4) is 11.8 Å². The molecule has 1 aromatic carbocycles. The van der Waals surface area contributed by atoms with Crippen LogP contribution in [0.3, 0.4) is 0 Å². The maximum atomic E-state index is 10.5. The quantitative estimate of drug-likeness (QED) is 0.407. The van der Waals surface area contributed by atoms with Crippen molar-refractivity contribution >= 4 is 18.9 Å². The zero-order chi connectivity index (χ0) is 9.68. The molecule has 1 nitrogen and oxygen atoms in total. The Bertz CT molecular complexity index is 371. The molecule has 0 spiro atoms. The van der Waals surface area contributed by atoms with Crippen LogP contribution < -0.4 is 0 Å². The molecule has 0 aliphatic heterocycles. The summed E-state index contributed by atoms with van der Waals surface area (Å²) in [5.74, 6) is 6.35. The fourth-order valence-corrected chi connectivity index (χ4v) is 1.11. The highest BCUT2D eigenvalue weighted by molar-refractivity contribution is 7.80. The number of rotatable bonds is 1. The van der Waals surface area contributed by atoms with E-state index in [1.807, 2.05) is 19.1 Å². The van der Waals surface area contributed by atoms with Crippen LogP contribution in [0.25, 0.3) is 0 Å². The fourth-order valence-electron chi connectivity index (χ4n) is 1.03. The molecular weight excluding hydrogens is 180 g/mol. The Morgan fingerprint density at radius 1 is 1.54 bits per heavy atom. The normalized spacial score (nSPS) is 8.77. The predicted molar refractivity (Wildman–Crippen MR) is 57.3 cm³/mol. The van der Waals surface area contributed by atoms with Gasteiger partial charge in [-0.1, -0.05) is 17.9 Å². The van der Waals surface area contributed by atoms with Crippen molar-refractivity contribution in [1.82, 2.24) is 0 Å². The summed E-state index contributed by atoms with van der Waals surface area (Å²) >= 11 is 3.99. The molecule has 0 bridgehead atoms. The van der Waals surface area contributed by atoms with E-state index in [1.54, 1.807) is 6.07 Å². The second kappa shape index (κ2) is 4.74. The van der Waals surface area contributed by atoms with Gasteiger partial charge in [-0.25, -0.2) is 0 Å². The lowest BCUT2D eigenvalue weighted by Gasteiger charge is -1.97. The van der Waals surface area contributed by atoms with Crippen molar-refractivity contribution in [3.05, 3.63) is 34.9 Å². The van der Waals surface area contributed by atoms with Crippen molar-refractivity contribution in [2.45, 2.75) is 6.92 Å². The first kappa shape index (κ1) is 9.88. The van der Waals surface area contributed by atoms with Gasteiger partial charge in [0.25, 0.3) is 0 Å². The lowest BCUT2D eigenvalue weighted by Crippen LogP contribution is -1.86. The number of hydrogen-bond acceptors (Lipinski definition) is 2. The van der Waals surface area contributed by atoms with Crippen LogP contribution in [-0.2, 0) is 0 Å². The number of aryl methyl sites for hydroxylation is 1. The highest BCUT2D eigenvalue weighted by atomic mass is 32.1. The molecule has 1 rings (SSSR count). The number of benzene rings is 1. The van der Waals surface area contributed by atoms with Crippen molar-refractivity contribution in [1.29, 1.82) is 0 Å². The van der Waals surface area contributed by atoms with E-state index in [1.165, 1.54) is 0 Å². The number of aldehydes is 1. The van der Waals surface area contributed by atoms with Crippen LogP contribution in [0.4, 0.5) is 0 Å². The van der Waals surface area contributed by atoms with E-state index in [2.05, 4.69) is 24.5 Å². The third-order valence-corrected chi connectivity index (χ3v) is 1.87. The Balaban J connectivity index is 3.02. The van der Waals surface area contributed by atoms with Crippen molar-refractivity contribution in [2.75, 3.05) is 5.75 Å². The fraction of sp³-hybridized carbons (Fsp3) is 0.182. The largest absolute Gasteiger partial charge is 0.298 e. The molecule has 0 saturated carbocycles. The van der Waals surface area contributed by atoms with Crippen LogP contribution >= 0.6 is 12.6 Å². The number of hydrogen-bond donors (Lipinski definition) is 1. The Morgan fingerprint density at radius 3 is 2.85 bits per heavy atom. The van der Waals surface area contributed by atoms with Crippen molar-refractivity contribution < 1.29 is 4.79 Å². The number of thiol groups is 1. The van der Waals surface area contributed by atoms with Crippen LogP contribution in [0, 0.1) is 18.8 Å². The molecule has 0 unspecified atom stereocenters. The topological polar surface area (TPSA) is 17.1 Å². The molecule has 2 heteroatoms. The zero-order valence-corrected chi connectivity index (χ0v) is 8.27. The first-order valence-electron chi connectivity index (χ1n) is 3.93. The van der Waals surface area contributed by atoms with Crippen molar-refractivity contribution in [2.24, 2.45) is 0 Å². The summed E-state index contributed by atoms with van der Waals surface area (Å²) in [4.78, 5) is 10.5. The lowest BCUT2D eigenvalue weighted by molar-refractivity contribution is 0.112. The molecule has 0 heterocycles. The molecule has 66 valence electrons. The monoisotopic (exact) mass is 190 g/mol. The highest BCUT2D eigenvalue weighted by Crippen LogP contribution is 2.07. The highest BCUT2D eigenvalue weighted by Gasteiger charge is 1.95. The van der Waals surface area contributed by atoms with E-state index >= 15 is 0 Å². The van der Waals surface area contributed by atoms with Gasteiger partial charge in [0.15, 0.2) is 0 Å². The maximum absolute atomic E-state index is 10.5. The number of carbonyl (C=O) groups is 1. The molecule has 1 aromatic rings. The first-order chi connectivity index (χ1) is 6.27. The van der Waals surface area contributed by atoms with Gasteiger partial charge in [-0.2, -0.15) is 12.6 Å². The third kappa shape index (κ3) is 2.64. The molecule has 0 aliphatic rings. The van der Waals surface area contributed by atoms with Gasteiger partial charge < -0.3 is 0 Å². The van der Waals surface area contributed by atoms with Crippen LogP contribution in [0.15, 0.2) is 18.2 Å². The Hall–Kier alpha value is -1.20. The Morgan fingerprint density at radius 2 is 2.31 bits per heavy atom. The minimum Gasteiger partial charge on any atom is -0.298 e. The lowest BCUT2D eigenvalue weighted by atomic mass is 10.1. The summed E-state index contributed by atoms with van der Waals surface area (Å²) in [5.41, 5.74) is 2.61. The molecule has 0 aliphatic carbocycles. The van der Waals surface area contributed by atoms with Gasteiger partial charge >= 0.3 is 0 Å². The van der Waals surface area contributed by atoms with Gasteiger partial charge in [0, 0.05) is 11.1 Å². The van der Waals surface area contributed by atoms with Gasteiger partial charge in [-0.3, -0.25) is 4.79 Å². The summed E-state index contributed by atoms with van der Waals surface area (Å²) in [6.45, 7) is 1.90. The van der Waals surface area contributed by atoms with Gasteiger partial charge in [0.2, 0.25) is 0 Å². The minimum absolute atomic E-state index is 0.550. The second-order valence-electron chi connectivity index (χ2n) is 2.65. The first-order valence-corrected chi connectivity index (χ1v) is 4.56. The van der Waals surface area contributed by atoms with E-state index in [-0.39, 0.29) is 0 Å². The Labute approximate surface area is 83.6 Å². The van der Waals surface area contributed by atoms with Gasteiger partial charge in [0.1, 0.15) is 6.29 Å². The van der Waals surface area contributed by atoms with E-state index < -0.39 is 0 Å². The minimum atomic E-state index is 0.550. The van der Waals surface area contributed by atoms with Gasteiger partial charge in [0.05, 0.1) is 5.75 Å². The smallest absolute Gasteiger partial charge is 0.150 e. The molecular formula is C11H10OS. The van der Waals surface area contributed by atoms with Gasteiger partial charge in [-0.15, -0.1) is 0 Å². The standard InChI is InChI=1S/C11H10OS/c1-9-7-10(3-2-6-13)4-5-11(9)8-12/h4-5,7-8,13H,6H2,1H3. The van der Waals surface area contributed by atoms with Gasteiger partial charge in [-0.05, 0) is 24.6 Å². The summed E-state index contributed by atoms with van der Waals surface area (Å²) in [5, 5.41) is 0. The molecule has 13 heavy (non-hydrogen) atoms. The zero-order valence-electron chi connectivity index (χ0n) is 7.37. The maximum Gasteiger partial charge on any atom is 0.150 e. The molecule has 0 aromatic heterocycles. The summed E-state index contributed by atoms with van der Waals surface area (Å²) in [6, 6.07) is 5.53. The average molecular weight is 190 g/mol. The average Bonchev–Trinajstić information content (AvgIpc) is 2.15. The summed E-state index contributed by atoms with van der Waals surface area (Å²) in [6.07, 6.45) is 0.852. The Kier molecular flexibility index (Phi) is 3.60. The predicted octanol–water partition coefficient (Wildman–Crippen LogP) is 2.09. The van der Waals surface area contributed by atoms with Crippen LogP contribution in [0.2, 0.25) is 0 Å². The third-order valence-electron chi connectivity index (χ3n) is 1.71. The van der Waals surface area contributed by atoms with Crippen LogP contribution in [0.1, 0.15) is 21.5 Å². The summed E-state index contributed by atoms with van der Waals surface area (Å²) in [7, 11) is 0. The van der Waals surface area contributed by atoms with Crippen LogP contribution in [-0.4, -0.2) is 12.0 Å². The summed E-state index contributed by atoms with van der Waals surface area (Å²) < 4.78 is 0. The van der Waals surface area contributed by atoms with E-state index in [0.29, 0.717) is 5.75 Å². The molecule has 0 saturated heterocycles. The van der Waals surface area contributed by atoms with E-state index in [4.69, 9.17) is 0 Å². The van der Waals surface area contributed by atoms with Crippen LogP contribution in [0.5, 0.6) is 0 Å². The second-order valence-corrected chi connectivity index (χ2v) is 2.97. The molecule has 0 N–H and O–H groups in total. The molecule has 0 fully saturated rings. The van der Waals surface area contributed by atoms with E-state index in [0.717, 1.165) is 23.0 Å². The number of carbonyl (C=O) groups excluding carboxylic acids is 1. The molecule has 0 radical (unpaired) electrons. The van der Waals surface area contributed by atoms with E-state index in [9.17, 15) is 4.79 Å². The SMILES string of the molecule is Cc1cc(C#CCS)ccc1C=O. The molecule has 0 amide bonds.